The van der Waals surface area contributed by atoms with Crippen molar-refractivity contribution in [3.63, 3.8) is 0 Å². The van der Waals surface area contributed by atoms with Crippen molar-refractivity contribution in [3.8, 4) is 6.07 Å². The molecule has 0 aliphatic carbocycles. The Morgan fingerprint density at radius 1 is 1.36 bits per heavy atom. The summed E-state index contributed by atoms with van der Waals surface area (Å²) in [6.45, 7) is -0.0198. The van der Waals surface area contributed by atoms with Crippen LogP contribution in [0.2, 0.25) is 0 Å². The largest absolute Gasteiger partial charge is 0.446 e. The number of hydrogen-bond acceptors (Lipinski definition) is 10. The Labute approximate surface area is 188 Å². The van der Waals surface area contributed by atoms with Gasteiger partial charge in [-0.2, -0.15) is 10.1 Å². The molecule has 0 saturated heterocycles. The highest BCUT2D eigenvalue weighted by molar-refractivity contribution is 7.17. The quantitative estimate of drug-likeness (QED) is 0.371. The predicted octanol–water partition coefficient (Wildman–Crippen LogP) is 0.943. The summed E-state index contributed by atoms with van der Waals surface area (Å²) < 4.78 is 6.66. The number of tetrazole rings is 1. The van der Waals surface area contributed by atoms with Gasteiger partial charge in [0, 0.05) is 16.8 Å². The van der Waals surface area contributed by atoms with Crippen molar-refractivity contribution in [2.24, 2.45) is 5.73 Å². The van der Waals surface area contributed by atoms with Crippen LogP contribution in [0, 0.1) is 11.3 Å². The Morgan fingerprint density at radius 2 is 2.21 bits per heavy atom. The number of fused-ring (bicyclic) bond motifs is 2. The minimum Gasteiger partial charge on any atom is -0.446 e. The molecule has 5 rings (SSSR count). The molecule has 0 bridgehead atoms. The number of carbonyl (C=O) groups excluding carboxylic acids is 1. The number of hydrogen-bond donors (Lipinski definition) is 2. The van der Waals surface area contributed by atoms with Crippen LogP contribution in [0.15, 0.2) is 45.2 Å². The van der Waals surface area contributed by atoms with Crippen LogP contribution in [0.3, 0.4) is 0 Å². The van der Waals surface area contributed by atoms with E-state index in [1.807, 2.05) is 6.07 Å². The van der Waals surface area contributed by atoms with Crippen LogP contribution in [-0.2, 0) is 13.1 Å². The number of carbonyl (C=O) groups is 1. The first-order valence-corrected chi connectivity index (χ1v) is 10.5. The molecule has 3 N–H and O–H groups in total. The zero-order chi connectivity index (χ0) is 23.1. The van der Waals surface area contributed by atoms with Gasteiger partial charge in [-0.1, -0.05) is 12.1 Å². The summed E-state index contributed by atoms with van der Waals surface area (Å²) in [5, 5.41) is 34.0. The van der Waals surface area contributed by atoms with Gasteiger partial charge < -0.3 is 15.3 Å². The summed E-state index contributed by atoms with van der Waals surface area (Å²) in [4.78, 5) is 30.2. The highest BCUT2D eigenvalue weighted by Crippen LogP contribution is 2.24. The normalized spacial score (nSPS) is 12.2. The molecule has 164 valence electrons. The molecule has 13 heteroatoms. The second-order valence-electron chi connectivity index (χ2n) is 7.17. The molecule has 0 saturated carbocycles. The monoisotopic (exact) mass is 462 g/mol. The Balaban J connectivity index is 1.35. The number of primary amides is 1. The van der Waals surface area contributed by atoms with Crippen LogP contribution in [-0.4, -0.2) is 40.8 Å². The smallest absolute Gasteiger partial charge is 0.263 e. The number of furan rings is 1. The van der Waals surface area contributed by atoms with Gasteiger partial charge in [-0.25, -0.2) is 4.98 Å². The first kappa shape index (κ1) is 20.5. The lowest BCUT2D eigenvalue weighted by atomic mass is 10.1. The zero-order valence-corrected chi connectivity index (χ0v) is 17.6. The SMILES string of the molecule is N#Cc1cc2ccc([C@@H](O)Cn3nnc(Cn4cnc5scc(C(N)=O)c5c4=O)n3)cc2o1. The number of thiophene rings is 1. The Hall–Kier alpha value is -4.41. The molecule has 0 unspecified atom stereocenters. The second kappa shape index (κ2) is 7.93. The molecule has 0 aliphatic rings. The van der Waals surface area contributed by atoms with Crippen LogP contribution in [0.25, 0.3) is 21.2 Å². The molecule has 0 spiro atoms. The topological polar surface area (TPSA) is 179 Å². The van der Waals surface area contributed by atoms with Crippen molar-refractivity contribution in [1.82, 2.24) is 29.8 Å². The maximum absolute atomic E-state index is 12.8. The molecular weight excluding hydrogens is 448 g/mol. The minimum atomic E-state index is -0.961. The fourth-order valence-corrected chi connectivity index (χ4v) is 4.29. The summed E-state index contributed by atoms with van der Waals surface area (Å²) in [6, 6.07) is 8.67. The fraction of sp³-hybridized carbons (Fsp3) is 0.150. The number of aliphatic hydroxyl groups is 1. The predicted molar refractivity (Wildman–Crippen MR) is 115 cm³/mol. The third kappa shape index (κ3) is 3.73. The highest BCUT2D eigenvalue weighted by atomic mass is 32.1. The van der Waals surface area contributed by atoms with Crippen molar-refractivity contribution >= 4 is 38.4 Å². The van der Waals surface area contributed by atoms with E-state index in [2.05, 4.69) is 20.4 Å². The fourth-order valence-electron chi connectivity index (χ4n) is 3.40. The number of aromatic nitrogens is 6. The van der Waals surface area contributed by atoms with E-state index in [0.29, 0.717) is 16.0 Å². The van der Waals surface area contributed by atoms with Gasteiger partial charge in [0.1, 0.15) is 22.6 Å². The van der Waals surface area contributed by atoms with Crippen LogP contribution >= 0.6 is 11.3 Å². The van der Waals surface area contributed by atoms with E-state index in [0.717, 1.165) is 16.7 Å². The number of aliphatic hydroxyl groups excluding tert-OH is 1. The van der Waals surface area contributed by atoms with E-state index in [1.165, 1.54) is 21.1 Å². The highest BCUT2D eigenvalue weighted by Gasteiger charge is 2.17. The van der Waals surface area contributed by atoms with Crippen molar-refractivity contribution in [1.29, 1.82) is 5.26 Å². The van der Waals surface area contributed by atoms with Crippen molar-refractivity contribution in [3.05, 3.63) is 69.0 Å². The first-order chi connectivity index (χ1) is 15.9. The van der Waals surface area contributed by atoms with E-state index < -0.39 is 17.6 Å². The molecule has 0 aliphatic heterocycles. The summed E-state index contributed by atoms with van der Waals surface area (Å²) >= 11 is 1.16. The van der Waals surface area contributed by atoms with Gasteiger partial charge in [0.05, 0.1) is 30.4 Å². The lowest BCUT2D eigenvalue weighted by molar-refractivity contribution is 0.100. The summed E-state index contributed by atoms with van der Waals surface area (Å²) in [6.07, 6.45) is 0.381. The first-order valence-electron chi connectivity index (χ1n) is 9.57. The zero-order valence-electron chi connectivity index (χ0n) is 16.7. The number of amides is 1. The van der Waals surface area contributed by atoms with E-state index in [4.69, 9.17) is 15.4 Å². The lowest BCUT2D eigenvalue weighted by Gasteiger charge is -2.09. The van der Waals surface area contributed by atoms with Gasteiger partial charge in [-0.15, -0.1) is 21.5 Å². The average Bonchev–Trinajstić information content (AvgIpc) is 3.53. The molecule has 1 atom stereocenters. The number of nitrogens with zero attached hydrogens (tertiary/aromatic N) is 7. The number of nitriles is 1. The van der Waals surface area contributed by atoms with Gasteiger partial charge in [0.2, 0.25) is 11.7 Å². The van der Waals surface area contributed by atoms with Gasteiger partial charge in [-0.3, -0.25) is 14.2 Å². The van der Waals surface area contributed by atoms with Gasteiger partial charge >= 0.3 is 0 Å². The standard InChI is InChI=1S/C20H14N8O4S/c21-5-12-3-11-2-1-10(4-15(11)32-12)14(29)6-28-25-16(24-26-28)7-27-9-23-19-17(20(27)31)13(8-33-19)18(22)30/h1-4,8-9,14,29H,6-7H2,(H2,22,30)/t14-/m0/s1. The van der Waals surface area contributed by atoms with Crippen LogP contribution < -0.4 is 11.3 Å². The maximum atomic E-state index is 12.8. The maximum Gasteiger partial charge on any atom is 0.263 e. The Morgan fingerprint density at radius 3 is 3.00 bits per heavy atom. The molecule has 5 aromatic rings. The van der Waals surface area contributed by atoms with E-state index in [1.54, 1.807) is 24.3 Å². The number of benzene rings is 1. The molecule has 33 heavy (non-hydrogen) atoms. The second-order valence-corrected chi connectivity index (χ2v) is 8.03. The molecule has 4 aromatic heterocycles. The molecule has 4 heterocycles. The molecule has 0 radical (unpaired) electrons. The van der Waals surface area contributed by atoms with Crippen LogP contribution in [0.1, 0.15) is 33.6 Å². The Kier molecular flexibility index (Phi) is 4.93. The third-order valence-electron chi connectivity index (χ3n) is 5.01. The van der Waals surface area contributed by atoms with Crippen molar-refractivity contribution < 1.29 is 14.3 Å². The van der Waals surface area contributed by atoms with Crippen LogP contribution in [0.5, 0.6) is 0 Å². The van der Waals surface area contributed by atoms with Crippen LogP contribution in [0.4, 0.5) is 0 Å². The third-order valence-corrected chi connectivity index (χ3v) is 5.89. The summed E-state index contributed by atoms with van der Waals surface area (Å²) in [5.41, 5.74) is 6.07. The molecular formula is C20H14N8O4S. The lowest BCUT2D eigenvalue weighted by Crippen LogP contribution is -2.23. The molecule has 1 aromatic carbocycles. The van der Waals surface area contributed by atoms with Gasteiger partial charge in [0.15, 0.2) is 5.82 Å². The average molecular weight is 462 g/mol. The van der Waals surface area contributed by atoms with E-state index in [9.17, 15) is 14.7 Å². The van der Waals surface area contributed by atoms with Gasteiger partial charge in [-0.05, 0) is 16.8 Å². The molecule has 12 nitrogen and oxygen atoms in total. The minimum absolute atomic E-state index is 0.00681. The molecule has 0 fully saturated rings. The summed E-state index contributed by atoms with van der Waals surface area (Å²) in [7, 11) is 0. The summed E-state index contributed by atoms with van der Waals surface area (Å²) in [5.74, 6) is -0.290. The molecule has 1 amide bonds. The van der Waals surface area contributed by atoms with E-state index >= 15 is 0 Å². The van der Waals surface area contributed by atoms with Crippen molar-refractivity contribution in [2.75, 3.05) is 0 Å². The Bertz CT molecular complexity index is 1620. The number of rotatable bonds is 6. The number of nitrogens with two attached hydrogens (primary N) is 1. The van der Waals surface area contributed by atoms with Crippen molar-refractivity contribution in [2.45, 2.75) is 19.2 Å². The van der Waals surface area contributed by atoms with E-state index in [-0.39, 0.29) is 35.6 Å². The van der Waals surface area contributed by atoms with Gasteiger partial charge in [0.25, 0.3) is 5.56 Å².